The lowest BCUT2D eigenvalue weighted by Crippen LogP contribution is -2.32. The van der Waals surface area contributed by atoms with Gasteiger partial charge < -0.3 is 9.84 Å². The highest BCUT2D eigenvalue weighted by molar-refractivity contribution is 9.09. The molecule has 1 heterocycles. The molecular formula is C15H14BrClFNO4. The molecule has 23 heavy (non-hydrogen) atoms. The summed E-state index contributed by atoms with van der Waals surface area (Å²) in [7, 11) is 0. The second-order valence-corrected chi connectivity index (χ2v) is 6.31. The number of hydrogen-bond donors (Lipinski definition) is 2. The number of ketones is 1. The van der Waals surface area contributed by atoms with Crippen LogP contribution in [-0.4, -0.2) is 22.1 Å². The third kappa shape index (κ3) is 3.50. The maximum absolute atomic E-state index is 13.6. The van der Waals surface area contributed by atoms with Crippen LogP contribution in [0, 0.1) is 5.82 Å². The topological polar surface area (TPSA) is 75.6 Å². The van der Waals surface area contributed by atoms with Gasteiger partial charge in [0.25, 0.3) is 5.78 Å². The Balaban J connectivity index is 2.23. The van der Waals surface area contributed by atoms with Crippen LogP contribution in [0.15, 0.2) is 29.8 Å². The number of carbonyl (C=O) groups excluding carboxylic acids is 2. The molecule has 1 aromatic carbocycles. The highest BCUT2D eigenvalue weighted by Gasteiger charge is 2.48. The van der Waals surface area contributed by atoms with E-state index in [0.717, 1.165) is 6.07 Å². The number of ether oxygens (including phenoxy) is 1. The van der Waals surface area contributed by atoms with Gasteiger partial charge in [0.2, 0.25) is 17.5 Å². The lowest BCUT2D eigenvalue weighted by molar-refractivity contribution is -0.133. The van der Waals surface area contributed by atoms with E-state index < -0.39 is 28.9 Å². The van der Waals surface area contributed by atoms with E-state index in [2.05, 4.69) is 21.2 Å². The highest BCUT2D eigenvalue weighted by atomic mass is 79.9. The fourth-order valence-electron chi connectivity index (χ4n) is 2.11. The minimum Gasteiger partial charge on any atom is -0.501 e. The zero-order valence-corrected chi connectivity index (χ0v) is 14.5. The molecule has 0 fully saturated rings. The van der Waals surface area contributed by atoms with Crippen LogP contribution in [0.1, 0.15) is 25.3 Å². The number of Topliss-reactive ketones (excluding diaryl/α,β-unsaturated/α-hetero) is 1. The molecule has 0 spiro atoms. The molecule has 2 N–H and O–H groups in total. The van der Waals surface area contributed by atoms with E-state index >= 15 is 0 Å². The van der Waals surface area contributed by atoms with Crippen molar-refractivity contribution in [3.05, 3.63) is 46.2 Å². The van der Waals surface area contributed by atoms with Crippen molar-refractivity contribution >= 4 is 39.2 Å². The quantitative estimate of drug-likeness (QED) is 0.736. The molecule has 8 heteroatoms. The lowest BCUT2D eigenvalue weighted by Gasteiger charge is -2.23. The van der Waals surface area contributed by atoms with Gasteiger partial charge in [-0.25, -0.2) is 4.39 Å². The smallest absolute Gasteiger partial charge is 0.250 e. The Morgan fingerprint density at radius 1 is 1.52 bits per heavy atom. The molecule has 1 aromatic rings. The van der Waals surface area contributed by atoms with E-state index in [9.17, 15) is 19.1 Å². The van der Waals surface area contributed by atoms with Gasteiger partial charge in [-0.15, -0.1) is 0 Å². The summed E-state index contributed by atoms with van der Waals surface area (Å²) in [6.45, 7) is 1.38. The van der Waals surface area contributed by atoms with Gasteiger partial charge in [0.15, 0.2) is 5.60 Å². The zero-order chi connectivity index (χ0) is 17.2. The van der Waals surface area contributed by atoms with Crippen LogP contribution in [0.25, 0.3) is 0 Å². The number of aliphatic hydroxyl groups excluding tert-OH is 1. The van der Waals surface area contributed by atoms with E-state index in [1.165, 1.54) is 19.1 Å². The first-order valence-electron chi connectivity index (χ1n) is 6.78. The SMILES string of the molecule is CC1(c2ccc(Cl)c(F)c2)OC(NC(=O)CCCBr)=C(O)C1=O. The molecule has 0 radical (unpaired) electrons. The van der Waals surface area contributed by atoms with Gasteiger partial charge in [0.1, 0.15) is 5.82 Å². The summed E-state index contributed by atoms with van der Waals surface area (Å²) in [5, 5.41) is 12.8. The Hall–Kier alpha value is -1.60. The molecule has 1 atom stereocenters. The molecule has 1 amide bonds. The van der Waals surface area contributed by atoms with Crippen LogP contribution in [0.5, 0.6) is 0 Å². The van der Waals surface area contributed by atoms with Crippen molar-refractivity contribution in [1.29, 1.82) is 0 Å². The first-order valence-corrected chi connectivity index (χ1v) is 8.28. The predicted molar refractivity (Wildman–Crippen MR) is 85.7 cm³/mol. The third-order valence-corrected chi connectivity index (χ3v) is 4.30. The second-order valence-electron chi connectivity index (χ2n) is 5.11. The number of alkyl halides is 1. The molecule has 0 saturated carbocycles. The van der Waals surface area contributed by atoms with Gasteiger partial charge >= 0.3 is 0 Å². The Morgan fingerprint density at radius 2 is 2.22 bits per heavy atom. The Kier molecular flexibility index (Phi) is 5.31. The molecular weight excluding hydrogens is 393 g/mol. The van der Waals surface area contributed by atoms with Crippen molar-refractivity contribution in [2.45, 2.75) is 25.4 Å². The van der Waals surface area contributed by atoms with Gasteiger partial charge in [0.05, 0.1) is 5.02 Å². The number of amides is 1. The molecule has 1 aliphatic heterocycles. The number of hydrogen-bond acceptors (Lipinski definition) is 4. The van der Waals surface area contributed by atoms with Gasteiger partial charge in [-0.2, -0.15) is 0 Å². The fourth-order valence-corrected chi connectivity index (χ4v) is 2.51. The number of rotatable bonds is 5. The summed E-state index contributed by atoms with van der Waals surface area (Å²) in [6.07, 6.45) is 0.791. The second kappa shape index (κ2) is 6.88. The van der Waals surface area contributed by atoms with E-state index in [-0.39, 0.29) is 22.9 Å². The monoisotopic (exact) mass is 405 g/mol. The van der Waals surface area contributed by atoms with Crippen molar-refractivity contribution in [2.24, 2.45) is 0 Å². The van der Waals surface area contributed by atoms with Crippen molar-refractivity contribution in [2.75, 3.05) is 5.33 Å². The van der Waals surface area contributed by atoms with E-state index in [0.29, 0.717) is 11.8 Å². The molecule has 0 aromatic heterocycles. The maximum atomic E-state index is 13.6. The van der Waals surface area contributed by atoms with Gasteiger partial charge in [0, 0.05) is 17.3 Å². The van der Waals surface area contributed by atoms with E-state index in [4.69, 9.17) is 16.3 Å². The van der Waals surface area contributed by atoms with Crippen molar-refractivity contribution in [3.8, 4) is 0 Å². The molecule has 5 nitrogen and oxygen atoms in total. The summed E-state index contributed by atoms with van der Waals surface area (Å²) in [5.74, 6) is -2.90. The standard InChI is InChI=1S/C15H14BrClFNO4/c1-15(8-4-5-9(17)10(18)7-8)13(22)12(21)14(23-15)19-11(20)3-2-6-16/h4-5,7,21H,2-3,6H2,1H3,(H,19,20). The number of aliphatic hydroxyl groups is 1. The van der Waals surface area contributed by atoms with Crippen molar-refractivity contribution < 1.29 is 23.8 Å². The molecule has 124 valence electrons. The summed E-state index contributed by atoms with van der Waals surface area (Å²) in [5.41, 5.74) is -1.45. The minimum absolute atomic E-state index is 0.0942. The fraction of sp³-hybridized carbons (Fsp3) is 0.333. The molecule has 1 aliphatic rings. The summed E-state index contributed by atoms with van der Waals surface area (Å²) in [4.78, 5) is 24.0. The molecule has 2 rings (SSSR count). The Bertz CT molecular complexity index is 694. The third-order valence-electron chi connectivity index (χ3n) is 3.43. The largest absolute Gasteiger partial charge is 0.501 e. The highest BCUT2D eigenvalue weighted by Crippen LogP contribution is 2.37. The predicted octanol–water partition coefficient (Wildman–Crippen LogP) is 3.31. The Morgan fingerprint density at radius 3 is 2.83 bits per heavy atom. The zero-order valence-electron chi connectivity index (χ0n) is 12.2. The maximum Gasteiger partial charge on any atom is 0.250 e. The van der Waals surface area contributed by atoms with Crippen LogP contribution in [0.2, 0.25) is 5.02 Å². The molecule has 0 saturated heterocycles. The van der Waals surface area contributed by atoms with Crippen LogP contribution >= 0.6 is 27.5 Å². The summed E-state index contributed by atoms with van der Waals surface area (Å²) in [6, 6.07) is 3.77. The number of benzene rings is 1. The lowest BCUT2D eigenvalue weighted by atomic mass is 9.91. The van der Waals surface area contributed by atoms with E-state index in [1.807, 2.05) is 0 Å². The molecule has 0 aliphatic carbocycles. The molecule has 1 unspecified atom stereocenters. The van der Waals surface area contributed by atoms with Crippen LogP contribution < -0.4 is 5.32 Å². The van der Waals surface area contributed by atoms with Gasteiger partial charge in [-0.3, -0.25) is 14.9 Å². The van der Waals surface area contributed by atoms with E-state index in [1.54, 1.807) is 0 Å². The van der Waals surface area contributed by atoms with Gasteiger partial charge in [-0.1, -0.05) is 33.6 Å². The number of nitrogens with one attached hydrogen (secondary N) is 1. The first kappa shape index (κ1) is 17.7. The summed E-state index contributed by atoms with van der Waals surface area (Å²) >= 11 is 8.82. The average Bonchev–Trinajstić information content (AvgIpc) is 2.73. The van der Waals surface area contributed by atoms with Gasteiger partial charge in [-0.05, 0) is 25.5 Å². The van der Waals surface area contributed by atoms with Crippen molar-refractivity contribution in [1.82, 2.24) is 5.32 Å². The number of halogens is 3. The minimum atomic E-state index is -1.63. The van der Waals surface area contributed by atoms with Crippen LogP contribution in [-0.2, 0) is 19.9 Å². The molecule has 0 bridgehead atoms. The van der Waals surface area contributed by atoms with Crippen molar-refractivity contribution in [3.63, 3.8) is 0 Å². The first-order chi connectivity index (χ1) is 10.8. The Labute approximate surface area is 145 Å². The normalized spacial score (nSPS) is 20.6. The van der Waals surface area contributed by atoms with Crippen LogP contribution in [0.4, 0.5) is 4.39 Å². The average molecular weight is 407 g/mol. The summed E-state index contributed by atoms with van der Waals surface area (Å²) < 4.78 is 19.1. The number of carbonyl (C=O) groups is 2. The van der Waals surface area contributed by atoms with Crippen LogP contribution in [0.3, 0.4) is 0 Å².